The topological polar surface area (TPSA) is 72.2 Å². The van der Waals surface area contributed by atoms with Gasteiger partial charge in [-0.25, -0.2) is 0 Å². The quantitative estimate of drug-likeness (QED) is 0.821. The molecule has 0 spiro atoms. The zero-order valence-corrected chi connectivity index (χ0v) is 12.7. The minimum Gasteiger partial charge on any atom is -0.368 e. The van der Waals surface area contributed by atoms with E-state index < -0.39 is 0 Å². The Balaban J connectivity index is 1.91. The molecule has 0 aromatic carbocycles. The molecule has 2 aliphatic carbocycles. The maximum absolute atomic E-state index is 13.0. The molecule has 2 saturated carbocycles. The molecule has 20 heavy (non-hydrogen) atoms. The first kappa shape index (κ1) is 14.1. The smallest absolute Gasteiger partial charge is 0.234 e. The van der Waals surface area contributed by atoms with Gasteiger partial charge in [0.1, 0.15) is 5.78 Å². The van der Waals surface area contributed by atoms with Gasteiger partial charge >= 0.3 is 0 Å². The molecule has 4 nitrogen and oxygen atoms in total. The van der Waals surface area contributed by atoms with Crippen molar-refractivity contribution in [3.05, 3.63) is 0 Å². The average molecular weight is 278 g/mol. The van der Waals surface area contributed by atoms with Gasteiger partial charge in [0.2, 0.25) is 5.91 Å². The number of hydrogen-bond donors (Lipinski definition) is 2. The van der Waals surface area contributed by atoms with E-state index in [1.807, 2.05) is 0 Å². The van der Waals surface area contributed by atoms with Crippen LogP contribution in [0.4, 0.5) is 0 Å². The number of hydrogen-bond acceptors (Lipinski definition) is 3. The second-order valence-electron chi connectivity index (χ2n) is 8.30. The van der Waals surface area contributed by atoms with Crippen molar-refractivity contribution in [2.45, 2.75) is 52.5 Å². The Hall–Kier alpha value is -0.900. The van der Waals surface area contributed by atoms with E-state index in [1.165, 1.54) is 0 Å². The first-order valence-corrected chi connectivity index (χ1v) is 7.81. The van der Waals surface area contributed by atoms with Crippen LogP contribution in [0.3, 0.4) is 0 Å². The molecule has 112 valence electrons. The summed E-state index contributed by atoms with van der Waals surface area (Å²) in [5.41, 5.74) is 5.30. The first-order valence-electron chi connectivity index (χ1n) is 7.81. The summed E-state index contributed by atoms with van der Waals surface area (Å²) >= 11 is 0. The summed E-state index contributed by atoms with van der Waals surface area (Å²) in [6.45, 7) is 7.18. The van der Waals surface area contributed by atoms with E-state index in [0.29, 0.717) is 24.0 Å². The van der Waals surface area contributed by atoms with E-state index in [-0.39, 0.29) is 28.7 Å². The third kappa shape index (κ3) is 1.92. The fourth-order valence-electron chi connectivity index (χ4n) is 5.11. The molecule has 2 bridgehead atoms. The van der Waals surface area contributed by atoms with Crippen molar-refractivity contribution in [2.24, 2.45) is 34.3 Å². The van der Waals surface area contributed by atoms with Crippen LogP contribution in [-0.4, -0.2) is 24.3 Å². The van der Waals surface area contributed by atoms with Gasteiger partial charge in [0, 0.05) is 11.8 Å². The minimum atomic E-state index is -0.297. The molecular formula is C16H26N2O2. The van der Waals surface area contributed by atoms with E-state index in [9.17, 15) is 9.59 Å². The highest BCUT2D eigenvalue weighted by molar-refractivity contribution is 5.89. The lowest BCUT2D eigenvalue weighted by Crippen LogP contribution is -2.49. The summed E-state index contributed by atoms with van der Waals surface area (Å²) in [6.07, 6.45) is 3.69. The summed E-state index contributed by atoms with van der Waals surface area (Å²) in [5.74, 6) is 1.32. The maximum atomic E-state index is 13.0. The van der Waals surface area contributed by atoms with Crippen molar-refractivity contribution in [2.75, 3.05) is 6.54 Å². The molecule has 3 rings (SSSR count). The fraction of sp³-hybridized carbons (Fsp3) is 0.875. The maximum Gasteiger partial charge on any atom is 0.234 e. The molecule has 0 aromatic heterocycles. The third-order valence-electron chi connectivity index (χ3n) is 5.78. The summed E-state index contributed by atoms with van der Waals surface area (Å²) in [5, 5.41) is 3.27. The average Bonchev–Trinajstić information content (AvgIpc) is 2.98. The number of Topliss-reactive ketones (excluding diaryl/α,β-unsaturated/α-hetero) is 1. The van der Waals surface area contributed by atoms with Gasteiger partial charge in [0.25, 0.3) is 0 Å². The van der Waals surface area contributed by atoms with Crippen LogP contribution in [0.15, 0.2) is 0 Å². The van der Waals surface area contributed by atoms with Gasteiger partial charge in [-0.2, -0.15) is 0 Å². The molecule has 5 atom stereocenters. The zero-order valence-electron chi connectivity index (χ0n) is 12.7. The molecule has 4 heteroatoms. The van der Waals surface area contributed by atoms with Crippen LogP contribution in [0.5, 0.6) is 0 Å². The standard InChI is InChI=1S/C16H26N2O2/c1-15(2,3)7-11(19)16-5-4-9(6-16)10-8-18-13(12(10)16)14(17)20/h9-10,12-13,18H,4-8H2,1-3H3,(H2,17,20). The van der Waals surface area contributed by atoms with Crippen LogP contribution in [0.25, 0.3) is 0 Å². The van der Waals surface area contributed by atoms with Crippen molar-refractivity contribution < 1.29 is 9.59 Å². The van der Waals surface area contributed by atoms with E-state index in [1.54, 1.807) is 0 Å². The Labute approximate surface area is 120 Å². The molecule has 0 aromatic rings. The molecule has 3 N–H and O–H groups in total. The van der Waals surface area contributed by atoms with Crippen molar-refractivity contribution in [3.63, 3.8) is 0 Å². The van der Waals surface area contributed by atoms with Crippen LogP contribution >= 0.6 is 0 Å². The first-order chi connectivity index (χ1) is 9.24. The highest BCUT2D eigenvalue weighted by atomic mass is 16.1. The highest BCUT2D eigenvalue weighted by Gasteiger charge is 2.65. The zero-order chi connectivity index (χ0) is 14.7. The van der Waals surface area contributed by atoms with E-state index in [0.717, 1.165) is 25.8 Å². The Morgan fingerprint density at radius 1 is 1.35 bits per heavy atom. The number of fused-ring (bicyclic) bond motifs is 5. The molecule has 0 radical (unpaired) electrons. The van der Waals surface area contributed by atoms with Gasteiger partial charge in [-0.1, -0.05) is 20.8 Å². The summed E-state index contributed by atoms with van der Waals surface area (Å²) in [4.78, 5) is 24.7. The number of ketones is 1. The second-order valence-corrected chi connectivity index (χ2v) is 8.30. The summed E-state index contributed by atoms with van der Waals surface area (Å²) in [6, 6.07) is -0.297. The number of rotatable bonds is 3. The van der Waals surface area contributed by atoms with Gasteiger partial charge in [0.05, 0.1) is 6.04 Å². The Morgan fingerprint density at radius 3 is 2.65 bits per heavy atom. The molecular weight excluding hydrogens is 252 g/mol. The van der Waals surface area contributed by atoms with E-state index in [2.05, 4.69) is 26.1 Å². The number of primary amides is 1. The van der Waals surface area contributed by atoms with Crippen LogP contribution in [0.1, 0.15) is 46.5 Å². The predicted molar refractivity (Wildman–Crippen MR) is 76.8 cm³/mol. The number of amides is 1. The predicted octanol–water partition coefficient (Wildman–Crippen LogP) is 1.48. The lowest BCUT2D eigenvalue weighted by molar-refractivity contribution is -0.134. The van der Waals surface area contributed by atoms with Gasteiger partial charge in [0.15, 0.2) is 0 Å². The number of carbonyl (C=O) groups is 2. The molecule has 3 fully saturated rings. The van der Waals surface area contributed by atoms with Gasteiger partial charge < -0.3 is 11.1 Å². The summed E-state index contributed by atoms with van der Waals surface area (Å²) in [7, 11) is 0. The molecule has 5 unspecified atom stereocenters. The van der Waals surface area contributed by atoms with Crippen molar-refractivity contribution in [3.8, 4) is 0 Å². The van der Waals surface area contributed by atoms with Crippen LogP contribution in [0.2, 0.25) is 0 Å². The Kier molecular flexibility index (Phi) is 3.02. The molecule has 1 saturated heterocycles. The minimum absolute atomic E-state index is 0.0102. The van der Waals surface area contributed by atoms with Gasteiger partial charge in [-0.3, -0.25) is 9.59 Å². The fourth-order valence-corrected chi connectivity index (χ4v) is 5.11. The SMILES string of the molecule is CC(C)(C)CC(=O)C12CCC(C1)C1CNC(C(N)=O)C12. The van der Waals surface area contributed by atoms with Crippen LogP contribution in [-0.2, 0) is 9.59 Å². The normalized spacial score (nSPS) is 42.8. The van der Waals surface area contributed by atoms with Crippen molar-refractivity contribution >= 4 is 11.7 Å². The van der Waals surface area contributed by atoms with E-state index in [4.69, 9.17) is 5.73 Å². The largest absolute Gasteiger partial charge is 0.368 e. The Bertz CT molecular complexity index is 454. The molecule has 1 heterocycles. The third-order valence-corrected chi connectivity index (χ3v) is 5.78. The van der Waals surface area contributed by atoms with Crippen molar-refractivity contribution in [1.29, 1.82) is 0 Å². The number of carbonyl (C=O) groups excluding carboxylic acids is 2. The number of nitrogens with one attached hydrogen (secondary N) is 1. The van der Waals surface area contributed by atoms with Crippen LogP contribution < -0.4 is 11.1 Å². The van der Waals surface area contributed by atoms with Gasteiger partial charge in [-0.05, 0) is 49.0 Å². The van der Waals surface area contributed by atoms with Crippen molar-refractivity contribution in [1.82, 2.24) is 5.32 Å². The lowest BCUT2D eigenvalue weighted by Gasteiger charge is -2.38. The summed E-state index contributed by atoms with van der Waals surface area (Å²) < 4.78 is 0. The van der Waals surface area contributed by atoms with E-state index >= 15 is 0 Å². The van der Waals surface area contributed by atoms with Crippen LogP contribution in [0, 0.1) is 28.6 Å². The Morgan fingerprint density at radius 2 is 2.05 bits per heavy atom. The second kappa shape index (κ2) is 4.30. The number of nitrogens with two attached hydrogens (primary N) is 1. The molecule has 1 aliphatic heterocycles. The van der Waals surface area contributed by atoms with Gasteiger partial charge in [-0.15, -0.1) is 0 Å². The highest BCUT2D eigenvalue weighted by Crippen LogP contribution is 2.64. The monoisotopic (exact) mass is 278 g/mol. The molecule has 1 amide bonds. The lowest BCUT2D eigenvalue weighted by atomic mass is 9.64. The molecule has 3 aliphatic rings.